The molecule has 0 aliphatic carbocycles. The van der Waals surface area contributed by atoms with E-state index in [-0.39, 0.29) is 18.0 Å². The molecular weight excluding hydrogens is 373 g/mol. The third-order valence-corrected chi connectivity index (χ3v) is 4.71. The molecule has 7 nitrogen and oxygen atoms in total. The van der Waals surface area contributed by atoms with Gasteiger partial charge in [-0.25, -0.2) is 9.97 Å². The molecule has 0 fully saturated rings. The molecule has 4 N–H and O–H groups in total. The first-order valence-corrected chi connectivity index (χ1v) is 9.57. The Morgan fingerprint density at radius 2 is 1.86 bits per heavy atom. The van der Waals surface area contributed by atoms with Crippen LogP contribution >= 0.6 is 0 Å². The highest BCUT2D eigenvalue weighted by atomic mass is 19.4. The number of aromatic nitrogens is 2. The molecule has 0 radical (unpaired) electrons. The summed E-state index contributed by atoms with van der Waals surface area (Å²) in [4.78, 5) is 11.9. The summed E-state index contributed by atoms with van der Waals surface area (Å²) in [7, 11) is 0. The van der Waals surface area contributed by atoms with Crippen molar-refractivity contribution in [1.29, 1.82) is 0 Å². The van der Waals surface area contributed by atoms with Gasteiger partial charge in [0.2, 0.25) is 5.95 Å². The zero-order valence-corrected chi connectivity index (χ0v) is 16.7. The number of rotatable bonds is 11. The number of aliphatic hydroxyl groups excluding tert-OH is 1. The van der Waals surface area contributed by atoms with Crippen molar-refractivity contribution in [2.45, 2.75) is 46.2 Å². The molecule has 10 heteroatoms. The van der Waals surface area contributed by atoms with Crippen molar-refractivity contribution in [1.82, 2.24) is 20.6 Å². The quantitative estimate of drug-likeness (QED) is 0.257. The standard InChI is InChI=1S/C18H31F3N6O/c1-4-17(5-2,8-12-28)13-26-15(22-6-3)24-10-11-25-16-23-9-7-14(27-16)18(19,20)21/h7,9,28H,4-6,8,10-13H2,1-3H3,(H2,22,24,26)(H,23,25,27). The summed E-state index contributed by atoms with van der Waals surface area (Å²) in [6.07, 6.45) is -0.893. The number of hydrogen-bond donors (Lipinski definition) is 4. The molecule has 1 aromatic rings. The molecule has 0 atom stereocenters. The SMILES string of the molecule is CCNC(=NCC(CC)(CC)CCO)NCCNc1nccc(C(F)(F)F)n1. The third-order valence-electron chi connectivity index (χ3n) is 4.71. The minimum absolute atomic E-state index is 0.0405. The number of hydrogen-bond acceptors (Lipinski definition) is 5. The van der Waals surface area contributed by atoms with E-state index in [1.165, 1.54) is 0 Å². The third kappa shape index (κ3) is 7.87. The molecule has 1 rings (SSSR count). The average Bonchev–Trinajstić information content (AvgIpc) is 2.68. The highest BCUT2D eigenvalue weighted by Crippen LogP contribution is 2.30. The Balaban J connectivity index is 2.59. The maximum atomic E-state index is 12.7. The minimum atomic E-state index is -4.50. The number of nitrogens with one attached hydrogen (secondary N) is 3. The molecular formula is C18H31F3N6O. The summed E-state index contributed by atoms with van der Waals surface area (Å²) in [6, 6.07) is 0.833. The van der Waals surface area contributed by atoms with Crippen molar-refractivity contribution in [2.75, 3.05) is 38.1 Å². The molecule has 28 heavy (non-hydrogen) atoms. The molecule has 0 aromatic carbocycles. The van der Waals surface area contributed by atoms with Crippen molar-refractivity contribution in [2.24, 2.45) is 10.4 Å². The maximum Gasteiger partial charge on any atom is 0.433 e. The summed E-state index contributed by atoms with van der Waals surface area (Å²) in [5.74, 6) is 0.552. The van der Waals surface area contributed by atoms with Crippen LogP contribution in [0.4, 0.5) is 19.1 Å². The lowest BCUT2D eigenvalue weighted by Gasteiger charge is -2.29. The van der Waals surface area contributed by atoms with Gasteiger partial charge in [0, 0.05) is 39.0 Å². The molecule has 0 unspecified atom stereocenters. The molecule has 160 valence electrons. The smallest absolute Gasteiger partial charge is 0.396 e. The number of aliphatic hydroxyl groups is 1. The zero-order chi connectivity index (χ0) is 21.0. The van der Waals surface area contributed by atoms with Crippen LogP contribution < -0.4 is 16.0 Å². The Hall–Kier alpha value is -2.10. The number of guanidine groups is 1. The predicted octanol–water partition coefficient (Wildman–Crippen LogP) is 2.65. The fraction of sp³-hybridized carbons (Fsp3) is 0.722. The van der Waals surface area contributed by atoms with Gasteiger partial charge in [0.25, 0.3) is 0 Å². The van der Waals surface area contributed by atoms with E-state index >= 15 is 0 Å². The lowest BCUT2D eigenvalue weighted by atomic mass is 9.79. The van der Waals surface area contributed by atoms with Crippen LogP contribution in [0.5, 0.6) is 0 Å². The van der Waals surface area contributed by atoms with Gasteiger partial charge in [-0.05, 0) is 37.7 Å². The van der Waals surface area contributed by atoms with Crippen LogP contribution in [0, 0.1) is 5.41 Å². The fourth-order valence-electron chi connectivity index (χ4n) is 2.69. The summed E-state index contributed by atoms with van der Waals surface area (Å²) < 4.78 is 38.0. The first-order chi connectivity index (χ1) is 13.3. The van der Waals surface area contributed by atoms with Crippen LogP contribution in [-0.2, 0) is 6.18 Å². The summed E-state index contributed by atoms with van der Waals surface area (Å²) in [6.45, 7) is 8.28. The summed E-state index contributed by atoms with van der Waals surface area (Å²) in [5.41, 5.74) is -1.02. The van der Waals surface area contributed by atoms with Crippen molar-refractivity contribution in [3.05, 3.63) is 18.0 Å². The van der Waals surface area contributed by atoms with Gasteiger partial charge in [0.15, 0.2) is 5.96 Å². The number of aliphatic imine (C=N–C) groups is 1. The van der Waals surface area contributed by atoms with E-state index < -0.39 is 11.9 Å². The largest absolute Gasteiger partial charge is 0.433 e. The fourth-order valence-corrected chi connectivity index (χ4v) is 2.69. The first kappa shape index (κ1) is 23.9. The average molecular weight is 404 g/mol. The van der Waals surface area contributed by atoms with Gasteiger partial charge in [-0.2, -0.15) is 13.2 Å². The van der Waals surface area contributed by atoms with Gasteiger partial charge in [0.1, 0.15) is 5.69 Å². The van der Waals surface area contributed by atoms with Crippen molar-refractivity contribution in [3.8, 4) is 0 Å². The Bertz CT molecular complexity index is 605. The molecule has 0 aliphatic heterocycles. The first-order valence-electron chi connectivity index (χ1n) is 9.57. The van der Waals surface area contributed by atoms with Crippen LogP contribution in [0.1, 0.15) is 45.7 Å². The van der Waals surface area contributed by atoms with E-state index in [9.17, 15) is 18.3 Å². The second-order valence-corrected chi connectivity index (χ2v) is 6.49. The Morgan fingerprint density at radius 3 is 2.43 bits per heavy atom. The van der Waals surface area contributed by atoms with E-state index in [0.29, 0.717) is 38.6 Å². The molecule has 1 heterocycles. The maximum absolute atomic E-state index is 12.7. The van der Waals surface area contributed by atoms with Gasteiger partial charge in [-0.15, -0.1) is 0 Å². The Morgan fingerprint density at radius 1 is 1.14 bits per heavy atom. The van der Waals surface area contributed by atoms with Gasteiger partial charge in [-0.1, -0.05) is 13.8 Å². The van der Waals surface area contributed by atoms with Crippen molar-refractivity contribution in [3.63, 3.8) is 0 Å². The second-order valence-electron chi connectivity index (χ2n) is 6.49. The number of anilines is 1. The van der Waals surface area contributed by atoms with E-state index in [1.54, 1.807) is 0 Å². The summed E-state index contributed by atoms with van der Waals surface area (Å²) >= 11 is 0. The van der Waals surface area contributed by atoms with E-state index in [0.717, 1.165) is 25.1 Å². The molecule has 0 aliphatic rings. The van der Waals surface area contributed by atoms with E-state index in [2.05, 4.69) is 44.8 Å². The zero-order valence-electron chi connectivity index (χ0n) is 16.7. The monoisotopic (exact) mass is 404 g/mol. The van der Waals surface area contributed by atoms with E-state index in [4.69, 9.17) is 0 Å². The lowest BCUT2D eigenvalue weighted by molar-refractivity contribution is -0.141. The topological polar surface area (TPSA) is 94.5 Å². The summed E-state index contributed by atoms with van der Waals surface area (Å²) in [5, 5.41) is 18.4. The van der Waals surface area contributed by atoms with Gasteiger partial charge < -0.3 is 21.1 Å². The molecule has 1 aromatic heterocycles. The molecule has 0 amide bonds. The lowest BCUT2D eigenvalue weighted by Crippen LogP contribution is -2.40. The van der Waals surface area contributed by atoms with Crippen molar-refractivity contribution >= 4 is 11.9 Å². The van der Waals surface area contributed by atoms with Crippen LogP contribution in [0.2, 0.25) is 0 Å². The highest BCUT2D eigenvalue weighted by Gasteiger charge is 2.32. The van der Waals surface area contributed by atoms with Gasteiger partial charge >= 0.3 is 6.18 Å². The van der Waals surface area contributed by atoms with Crippen molar-refractivity contribution < 1.29 is 18.3 Å². The molecule has 0 saturated carbocycles. The molecule has 0 saturated heterocycles. The Labute approximate surface area is 164 Å². The van der Waals surface area contributed by atoms with Crippen LogP contribution in [0.15, 0.2) is 17.3 Å². The number of nitrogens with zero attached hydrogens (tertiary/aromatic N) is 3. The van der Waals surface area contributed by atoms with E-state index in [1.807, 2.05) is 6.92 Å². The highest BCUT2D eigenvalue weighted by molar-refractivity contribution is 5.79. The normalized spacial score (nSPS) is 12.8. The number of alkyl halides is 3. The number of halogens is 3. The Kier molecular flexibility index (Phi) is 9.98. The molecule has 0 spiro atoms. The van der Waals surface area contributed by atoms with Crippen LogP contribution in [0.3, 0.4) is 0 Å². The second kappa shape index (κ2) is 11.7. The molecule has 0 bridgehead atoms. The van der Waals surface area contributed by atoms with Crippen LogP contribution in [-0.4, -0.2) is 53.8 Å². The predicted molar refractivity (Wildman–Crippen MR) is 104 cm³/mol. The van der Waals surface area contributed by atoms with Gasteiger partial charge in [-0.3, -0.25) is 4.99 Å². The van der Waals surface area contributed by atoms with Crippen LogP contribution in [0.25, 0.3) is 0 Å². The van der Waals surface area contributed by atoms with Gasteiger partial charge in [0.05, 0.1) is 0 Å². The minimum Gasteiger partial charge on any atom is -0.396 e.